The normalized spacial score (nSPS) is 11.1. The first kappa shape index (κ1) is 10.9. The molecule has 0 saturated carbocycles. The van der Waals surface area contributed by atoms with Crippen LogP contribution < -0.4 is 0 Å². The predicted molar refractivity (Wildman–Crippen MR) is 69.8 cm³/mol. The summed E-state index contributed by atoms with van der Waals surface area (Å²) in [6, 6.07) is 9.68. The van der Waals surface area contributed by atoms with Gasteiger partial charge in [-0.15, -0.1) is 0 Å². The van der Waals surface area contributed by atoms with Crippen LogP contribution in [0.3, 0.4) is 0 Å². The highest BCUT2D eigenvalue weighted by Crippen LogP contribution is 2.18. The molecule has 82 valence electrons. The summed E-state index contributed by atoms with van der Waals surface area (Å²) in [5.74, 6) is 0.775. The van der Waals surface area contributed by atoms with Gasteiger partial charge in [0, 0.05) is 25.7 Å². The highest BCUT2D eigenvalue weighted by molar-refractivity contribution is 7.71. The fourth-order valence-electron chi connectivity index (χ4n) is 1.43. The number of rotatable bonds is 2. The Morgan fingerprint density at radius 2 is 2.00 bits per heavy atom. The van der Waals surface area contributed by atoms with Crippen LogP contribution in [-0.2, 0) is 0 Å². The minimum atomic E-state index is 0.775. The zero-order chi connectivity index (χ0) is 11.5. The lowest BCUT2D eigenvalue weighted by Gasteiger charge is -2.03. The van der Waals surface area contributed by atoms with Crippen LogP contribution in [0.25, 0.3) is 17.0 Å². The lowest BCUT2D eigenvalue weighted by atomic mass is 10.2. The van der Waals surface area contributed by atoms with Crippen molar-refractivity contribution in [2.45, 2.75) is 0 Å². The van der Waals surface area contributed by atoms with Gasteiger partial charge in [-0.05, 0) is 24.3 Å². The molecular weight excluding hydrogens is 218 g/mol. The molecule has 1 aromatic carbocycles. The lowest BCUT2D eigenvalue weighted by Crippen LogP contribution is -1.99. The van der Waals surface area contributed by atoms with Crippen molar-refractivity contribution in [3.05, 3.63) is 46.8 Å². The highest BCUT2D eigenvalue weighted by atomic mass is 32.1. The monoisotopic (exact) mass is 231 g/mol. The summed E-state index contributed by atoms with van der Waals surface area (Å²) < 4.78 is 6.53. The second-order valence-electron chi connectivity index (χ2n) is 3.79. The smallest absolute Gasteiger partial charge is 0.136 e. The van der Waals surface area contributed by atoms with Gasteiger partial charge in [-0.2, -0.15) is 0 Å². The van der Waals surface area contributed by atoms with Crippen molar-refractivity contribution in [1.29, 1.82) is 0 Å². The van der Waals surface area contributed by atoms with Crippen LogP contribution in [0.15, 0.2) is 40.9 Å². The third-order valence-corrected chi connectivity index (χ3v) is 2.53. The zero-order valence-electron chi connectivity index (χ0n) is 9.31. The topological polar surface area (TPSA) is 16.4 Å². The van der Waals surface area contributed by atoms with E-state index < -0.39 is 0 Å². The molecule has 0 aliphatic rings. The standard InChI is InChI=1S/C13H13NOS/c1-14(2)8-7-10-9-13(16)11-5-3-4-6-12(11)15-10/h3-9H,1-2H3/b8-7+. The molecule has 1 aromatic heterocycles. The molecule has 0 saturated heterocycles. The minimum Gasteiger partial charge on any atom is -0.457 e. The second kappa shape index (κ2) is 4.49. The average Bonchev–Trinajstić information content (AvgIpc) is 2.26. The summed E-state index contributed by atoms with van der Waals surface area (Å²) in [6.07, 6.45) is 3.84. The van der Waals surface area contributed by atoms with Crippen molar-refractivity contribution in [3.63, 3.8) is 0 Å². The van der Waals surface area contributed by atoms with Crippen LogP contribution >= 0.6 is 12.2 Å². The summed E-state index contributed by atoms with van der Waals surface area (Å²) in [5.41, 5.74) is 0.827. The van der Waals surface area contributed by atoms with Crippen LogP contribution in [0.1, 0.15) is 5.76 Å². The Morgan fingerprint density at radius 3 is 2.75 bits per heavy atom. The Kier molecular flexibility index (Phi) is 3.06. The molecule has 0 amide bonds. The second-order valence-corrected chi connectivity index (χ2v) is 4.23. The first-order chi connectivity index (χ1) is 7.66. The Labute approximate surface area is 99.8 Å². The SMILES string of the molecule is CN(C)/C=C/c1cc(=S)c2ccccc2o1. The summed E-state index contributed by atoms with van der Waals surface area (Å²) in [7, 11) is 3.93. The van der Waals surface area contributed by atoms with Crippen molar-refractivity contribution < 1.29 is 4.42 Å². The first-order valence-electron chi connectivity index (χ1n) is 5.04. The Bertz CT molecular complexity index is 584. The van der Waals surface area contributed by atoms with E-state index in [9.17, 15) is 0 Å². The minimum absolute atomic E-state index is 0.775. The van der Waals surface area contributed by atoms with Gasteiger partial charge in [0.2, 0.25) is 0 Å². The van der Waals surface area contributed by atoms with Crippen molar-refractivity contribution in [3.8, 4) is 0 Å². The van der Waals surface area contributed by atoms with E-state index in [-0.39, 0.29) is 0 Å². The predicted octanol–water partition coefficient (Wildman–Crippen LogP) is 3.69. The van der Waals surface area contributed by atoms with E-state index in [1.165, 1.54) is 0 Å². The van der Waals surface area contributed by atoms with E-state index in [1.54, 1.807) is 0 Å². The largest absolute Gasteiger partial charge is 0.457 e. The molecule has 0 unspecified atom stereocenters. The molecule has 0 bridgehead atoms. The van der Waals surface area contributed by atoms with E-state index in [1.807, 2.05) is 61.6 Å². The van der Waals surface area contributed by atoms with Gasteiger partial charge < -0.3 is 9.32 Å². The maximum absolute atomic E-state index is 5.71. The highest BCUT2D eigenvalue weighted by Gasteiger charge is 1.98. The van der Waals surface area contributed by atoms with Crippen LogP contribution in [0.5, 0.6) is 0 Å². The molecule has 16 heavy (non-hydrogen) atoms. The molecule has 2 nitrogen and oxygen atoms in total. The number of hydrogen-bond donors (Lipinski definition) is 0. The van der Waals surface area contributed by atoms with Gasteiger partial charge in [0.1, 0.15) is 11.3 Å². The average molecular weight is 231 g/mol. The number of benzene rings is 1. The molecule has 0 N–H and O–H groups in total. The van der Waals surface area contributed by atoms with Gasteiger partial charge in [0.15, 0.2) is 0 Å². The van der Waals surface area contributed by atoms with E-state index in [0.29, 0.717) is 0 Å². The molecule has 0 radical (unpaired) electrons. The lowest BCUT2D eigenvalue weighted by molar-refractivity contribution is 0.559. The van der Waals surface area contributed by atoms with Crippen molar-refractivity contribution in [2.24, 2.45) is 0 Å². The van der Waals surface area contributed by atoms with E-state index in [0.717, 1.165) is 21.2 Å². The fourth-order valence-corrected chi connectivity index (χ4v) is 1.71. The van der Waals surface area contributed by atoms with Gasteiger partial charge in [-0.3, -0.25) is 0 Å². The van der Waals surface area contributed by atoms with Crippen LogP contribution in [0.4, 0.5) is 0 Å². The molecule has 2 rings (SSSR count). The molecule has 2 aromatic rings. The van der Waals surface area contributed by atoms with E-state index in [4.69, 9.17) is 16.6 Å². The molecule has 1 heterocycles. The zero-order valence-corrected chi connectivity index (χ0v) is 10.1. The number of nitrogens with zero attached hydrogens (tertiary/aromatic N) is 1. The maximum atomic E-state index is 5.71. The number of hydrogen-bond acceptors (Lipinski definition) is 3. The summed E-state index contributed by atoms with van der Waals surface area (Å²) >= 11 is 5.31. The van der Waals surface area contributed by atoms with Crippen molar-refractivity contribution in [1.82, 2.24) is 4.90 Å². The van der Waals surface area contributed by atoms with E-state index in [2.05, 4.69) is 0 Å². The molecule has 0 atom stereocenters. The number of para-hydroxylation sites is 1. The maximum Gasteiger partial charge on any atom is 0.136 e. The first-order valence-corrected chi connectivity index (χ1v) is 5.45. The molecule has 0 spiro atoms. The fraction of sp³-hybridized carbons (Fsp3) is 0.154. The van der Waals surface area contributed by atoms with Crippen LogP contribution in [-0.4, -0.2) is 19.0 Å². The summed E-state index contributed by atoms with van der Waals surface area (Å²) in [4.78, 5) is 1.95. The molecule has 0 aliphatic carbocycles. The Morgan fingerprint density at radius 1 is 1.25 bits per heavy atom. The Balaban J connectivity index is 2.54. The molecule has 0 aliphatic heterocycles. The quantitative estimate of drug-likeness (QED) is 0.733. The van der Waals surface area contributed by atoms with Gasteiger partial charge in [0.05, 0.1) is 4.51 Å². The van der Waals surface area contributed by atoms with Gasteiger partial charge in [-0.1, -0.05) is 24.4 Å². The molecule has 3 heteroatoms. The number of fused-ring (bicyclic) bond motifs is 1. The van der Waals surface area contributed by atoms with Gasteiger partial charge in [-0.25, -0.2) is 0 Å². The van der Waals surface area contributed by atoms with Crippen molar-refractivity contribution in [2.75, 3.05) is 14.1 Å². The van der Waals surface area contributed by atoms with E-state index >= 15 is 0 Å². The van der Waals surface area contributed by atoms with Crippen LogP contribution in [0.2, 0.25) is 0 Å². The third kappa shape index (κ3) is 2.31. The van der Waals surface area contributed by atoms with Crippen LogP contribution in [0, 0.1) is 4.51 Å². The summed E-state index contributed by atoms with van der Waals surface area (Å²) in [5, 5.41) is 0.986. The van der Waals surface area contributed by atoms with Gasteiger partial charge >= 0.3 is 0 Å². The molecule has 0 fully saturated rings. The third-order valence-electron chi connectivity index (χ3n) is 2.19. The summed E-state index contributed by atoms with van der Waals surface area (Å²) in [6.45, 7) is 0. The molecular formula is C13H13NOS. The van der Waals surface area contributed by atoms with Crippen molar-refractivity contribution >= 4 is 29.3 Å². The van der Waals surface area contributed by atoms with Gasteiger partial charge in [0.25, 0.3) is 0 Å². The Hall–Kier alpha value is -1.61.